The van der Waals surface area contributed by atoms with Crippen molar-refractivity contribution >= 4 is 28.8 Å². The summed E-state index contributed by atoms with van der Waals surface area (Å²) in [6.45, 7) is 2.66. The molecule has 34 heavy (non-hydrogen) atoms. The van der Waals surface area contributed by atoms with E-state index in [-0.39, 0.29) is 18.1 Å². The van der Waals surface area contributed by atoms with E-state index in [1.807, 2.05) is 13.0 Å². The van der Waals surface area contributed by atoms with E-state index in [4.69, 9.17) is 13.9 Å². The smallest absolute Gasteiger partial charge is 0.307 e. The first-order valence-corrected chi connectivity index (χ1v) is 10.5. The number of nitrogens with one attached hydrogen (secondary N) is 1. The second-order valence-corrected chi connectivity index (χ2v) is 7.23. The van der Waals surface area contributed by atoms with Crippen molar-refractivity contribution in [2.24, 2.45) is 5.10 Å². The lowest BCUT2D eigenvalue weighted by molar-refractivity contribution is -0.384. The van der Waals surface area contributed by atoms with Gasteiger partial charge in [0.1, 0.15) is 23.7 Å². The van der Waals surface area contributed by atoms with Crippen LogP contribution >= 0.6 is 0 Å². The van der Waals surface area contributed by atoms with Crippen molar-refractivity contribution in [2.75, 3.05) is 6.61 Å². The number of furan rings is 1. The Kier molecular flexibility index (Phi) is 6.83. The number of non-ortho nitro benzene ring substituents is 1. The number of hydrogen-bond donors (Lipinski definition) is 1. The number of hydrazone groups is 1. The molecule has 172 valence electrons. The predicted molar refractivity (Wildman–Crippen MR) is 126 cm³/mol. The number of nitrogens with zero attached hydrogens (tertiary/aromatic N) is 2. The highest BCUT2D eigenvalue weighted by Crippen LogP contribution is 2.24. The topological polar surface area (TPSA) is 116 Å². The maximum Gasteiger partial charge on any atom is 0.307 e. The summed E-state index contributed by atoms with van der Waals surface area (Å²) in [5.74, 6) is 0.979. The minimum absolute atomic E-state index is 0.0209. The Bertz CT molecular complexity index is 1340. The third-order valence-corrected chi connectivity index (χ3v) is 4.81. The molecule has 4 rings (SSSR count). The summed E-state index contributed by atoms with van der Waals surface area (Å²) in [4.78, 5) is 22.8. The predicted octanol–water partition coefficient (Wildman–Crippen LogP) is 5.08. The van der Waals surface area contributed by atoms with Crippen molar-refractivity contribution in [3.8, 4) is 11.5 Å². The van der Waals surface area contributed by atoms with Crippen LogP contribution < -0.4 is 14.9 Å². The Balaban J connectivity index is 1.31. The van der Waals surface area contributed by atoms with Gasteiger partial charge in [-0.25, -0.2) is 5.43 Å². The third kappa shape index (κ3) is 5.57. The first-order chi connectivity index (χ1) is 16.5. The fraction of sp³-hybridized carbons (Fsp3) is 0.120. The van der Waals surface area contributed by atoms with Crippen LogP contribution in [0.25, 0.3) is 11.0 Å². The van der Waals surface area contributed by atoms with Gasteiger partial charge in [-0.2, -0.15) is 5.10 Å². The molecule has 0 aliphatic carbocycles. The first-order valence-electron chi connectivity index (χ1n) is 10.5. The number of amides is 1. The van der Waals surface area contributed by atoms with Gasteiger partial charge in [-0.1, -0.05) is 12.1 Å². The van der Waals surface area contributed by atoms with Crippen LogP contribution in [0.1, 0.15) is 28.6 Å². The van der Waals surface area contributed by atoms with Crippen LogP contribution in [0.2, 0.25) is 0 Å². The van der Waals surface area contributed by atoms with E-state index in [1.54, 1.807) is 54.6 Å². The molecule has 0 radical (unpaired) electrons. The number of rotatable bonds is 9. The van der Waals surface area contributed by atoms with Crippen LogP contribution in [-0.4, -0.2) is 23.7 Å². The highest BCUT2D eigenvalue weighted by molar-refractivity contribution is 5.96. The SMILES string of the molecule is CCOc1ccc2oc(C(=O)N/N=C/c3ccc(OCc4cccc([N+](=O)[O-])c4)cc3)cc2c1. The number of carbonyl (C=O) groups excluding carboxylic acids is 1. The molecule has 1 heterocycles. The summed E-state index contributed by atoms with van der Waals surface area (Å²) < 4.78 is 16.7. The molecule has 0 bridgehead atoms. The zero-order valence-electron chi connectivity index (χ0n) is 18.3. The van der Waals surface area contributed by atoms with Gasteiger partial charge in [-0.3, -0.25) is 14.9 Å². The van der Waals surface area contributed by atoms with Crippen molar-refractivity contribution in [1.82, 2.24) is 5.43 Å². The molecule has 3 aromatic carbocycles. The average Bonchev–Trinajstić information content (AvgIpc) is 3.27. The molecule has 1 aromatic heterocycles. The molecule has 0 unspecified atom stereocenters. The molecule has 0 atom stereocenters. The number of ether oxygens (including phenoxy) is 2. The van der Waals surface area contributed by atoms with Gasteiger partial charge in [0.2, 0.25) is 0 Å². The maximum atomic E-state index is 12.3. The number of nitro groups is 1. The molecule has 4 aromatic rings. The van der Waals surface area contributed by atoms with Gasteiger partial charge in [0.25, 0.3) is 5.69 Å². The second kappa shape index (κ2) is 10.3. The minimum atomic E-state index is -0.470. The van der Waals surface area contributed by atoms with E-state index >= 15 is 0 Å². The average molecular weight is 459 g/mol. The molecule has 0 aliphatic heterocycles. The minimum Gasteiger partial charge on any atom is -0.494 e. The van der Waals surface area contributed by atoms with Crippen LogP contribution in [-0.2, 0) is 6.61 Å². The Labute approximate surface area is 194 Å². The van der Waals surface area contributed by atoms with E-state index in [1.165, 1.54) is 18.3 Å². The van der Waals surface area contributed by atoms with E-state index < -0.39 is 10.8 Å². The summed E-state index contributed by atoms with van der Waals surface area (Å²) >= 11 is 0. The second-order valence-electron chi connectivity index (χ2n) is 7.23. The van der Waals surface area contributed by atoms with Gasteiger partial charge in [-0.05, 0) is 66.6 Å². The monoisotopic (exact) mass is 459 g/mol. The maximum absolute atomic E-state index is 12.3. The summed E-state index contributed by atoms with van der Waals surface area (Å²) in [7, 11) is 0. The van der Waals surface area contributed by atoms with Gasteiger partial charge in [0, 0.05) is 17.5 Å². The molecule has 9 heteroatoms. The van der Waals surface area contributed by atoms with Gasteiger partial charge >= 0.3 is 5.91 Å². The summed E-state index contributed by atoms with van der Waals surface area (Å²) in [5, 5.41) is 15.6. The van der Waals surface area contributed by atoms with E-state index in [0.717, 1.165) is 10.9 Å². The van der Waals surface area contributed by atoms with Gasteiger partial charge in [-0.15, -0.1) is 0 Å². The van der Waals surface area contributed by atoms with Crippen LogP contribution in [0.5, 0.6) is 11.5 Å². The zero-order chi connectivity index (χ0) is 23.9. The van der Waals surface area contributed by atoms with Gasteiger partial charge in [0.05, 0.1) is 17.7 Å². The van der Waals surface area contributed by atoms with Crippen molar-refractivity contribution < 1.29 is 23.6 Å². The molecule has 0 saturated carbocycles. The molecule has 1 N–H and O–H groups in total. The summed E-state index contributed by atoms with van der Waals surface area (Å²) in [6.07, 6.45) is 1.50. The number of fused-ring (bicyclic) bond motifs is 1. The molecule has 9 nitrogen and oxygen atoms in total. The molecule has 0 spiro atoms. The number of hydrogen-bond acceptors (Lipinski definition) is 7. The Morgan fingerprint density at radius 2 is 1.85 bits per heavy atom. The third-order valence-electron chi connectivity index (χ3n) is 4.81. The van der Waals surface area contributed by atoms with E-state index in [9.17, 15) is 14.9 Å². The van der Waals surface area contributed by atoms with Crippen molar-refractivity contribution in [3.05, 3.63) is 99.8 Å². The largest absolute Gasteiger partial charge is 0.494 e. The summed E-state index contributed by atoms with van der Waals surface area (Å²) in [6, 6.07) is 20.3. The Morgan fingerprint density at radius 1 is 1.06 bits per heavy atom. The highest BCUT2D eigenvalue weighted by Gasteiger charge is 2.12. The van der Waals surface area contributed by atoms with Crippen molar-refractivity contribution in [1.29, 1.82) is 0 Å². The standard InChI is InChI=1S/C25H21N3O6/c1-2-32-22-10-11-23-19(13-22)14-24(34-23)25(29)27-26-15-17-6-8-21(9-7-17)33-16-18-4-3-5-20(12-18)28(30)31/h3-15H,2,16H2,1H3,(H,27,29)/b26-15+. The molecule has 0 aliphatic rings. The van der Waals surface area contributed by atoms with Crippen molar-refractivity contribution in [3.63, 3.8) is 0 Å². The van der Waals surface area contributed by atoms with Crippen LogP contribution in [0, 0.1) is 10.1 Å². The molecular weight excluding hydrogens is 438 g/mol. The quantitative estimate of drug-likeness (QED) is 0.212. The number of benzene rings is 3. The first kappa shape index (κ1) is 22.5. The van der Waals surface area contributed by atoms with Gasteiger partial charge < -0.3 is 13.9 Å². The molecule has 0 saturated heterocycles. The van der Waals surface area contributed by atoms with Crippen molar-refractivity contribution in [2.45, 2.75) is 13.5 Å². The van der Waals surface area contributed by atoms with Crippen LogP contribution in [0.4, 0.5) is 5.69 Å². The van der Waals surface area contributed by atoms with Crippen LogP contribution in [0.3, 0.4) is 0 Å². The highest BCUT2D eigenvalue weighted by atomic mass is 16.6. The lowest BCUT2D eigenvalue weighted by Gasteiger charge is -2.06. The number of nitro benzene ring substituents is 1. The lowest BCUT2D eigenvalue weighted by Crippen LogP contribution is -2.16. The van der Waals surface area contributed by atoms with Gasteiger partial charge in [0.15, 0.2) is 5.76 Å². The fourth-order valence-electron chi connectivity index (χ4n) is 3.19. The molecule has 1 amide bonds. The summed E-state index contributed by atoms with van der Waals surface area (Å²) in [5.41, 5.74) is 4.49. The Morgan fingerprint density at radius 3 is 2.62 bits per heavy atom. The molecular formula is C25H21N3O6. The molecule has 0 fully saturated rings. The van der Waals surface area contributed by atoms with Crippen LogP contribution in [0.15, 0.2) is 82.3 Å². The zero-order valence-corrected chi connectivity index (χ0v) is 18.3. The Hall–Kier alpha value is -4.66. The van der Waals surface area contributed by atoms with E-state index in [0.29, 0.717) is 29.3 Å². The number of carbonyl (C=O) groups is 1. The fourth-order valence-corrected chi connectivity index (χ4v) is 3.19. The lowest BCUT2D eigenvalue weighted by atomic mass is 10.2. The van der Waals surface area contributed by atoms with E-state index in [2.05, 4.69) is 10.5 Å². The normalized spacial score (nSPS) is 11.0.